The van der Waals surface area contributed by atoms with E-state index in [1.165, 1.54) is 129 Å². The number of rotatable bonds is 22. The number of unbranched alkanes of at least 4 members (excludes halogenated alkanes) is 14. The van der Waals surface area contributed by atoms with Gasteiger partial charge in [-0.3, -0.25) is 0 Å². The zero-order valence-electron chi connectivity index (χ0n) is 19.6. The largest absolute Gasteiger partial charge is 0.300 e. The minimum atomic E-state index is 0.732. The van der Waals surface area contributed by atoms with Crippen molar-refractivity contribution in [2.45, 2.75) is 149 Å². The summed E-state index contributed by atoms with van der Waals surface area (Å²) in [6.07, 6.45) is 26.6. The summed E-state index contributed by atoms with van der Waals surface area (Å²) < 4.78 is 0. The van der Waals surface area contributed by atoms with Gasteiger partial charge in [-0.05, 0) is 38.8 Å². The second-order valence-electron chi connectivity index (χ2n) is 8.72. The molecule has 0 aromatic heterocycles. The SMILES string of the molecule is [CH2]CC(CCCCCCCCCCCCCCC)N(CCCC)CCCC. The van der Waals surface area contributed by atoms with Gasteiger partial charge in [0, 0.05) is 6.04 Å². The lowest BCUT2D eigenvalue weighted by atomic mass is 10.0. The first-order chi connectivity index (χ1) is 13.3. The van der Waals surface area contributed by atoms with E-state index in [1.54, 1.807) is 0 Å². The Bertz CT molecular complexity index is 255. The fraction of sp³-hybridized carbons (Fsp3) is 0.962. The van der Waals surface area contributed by atoms with Crippen LogP contribution in [0, 0.1) is 6.92 Å². The van der Waals surface area contributed by atoms with Crippen molar-refractivity contribution < 1.29 is 0 Å². The minimum Gasteiger partial charge on any atom is -0.300 e. The first-order valence-corrected chi connectivity index (χ1v) is 12.8. The van der Waals surface area contributed by atoms with Crippen LogP contribution in [0.1, 0.15) is 143 Å². The van der Waals surface area contributed by atoms with Crippen LogP contribution in [-0.4, -0.2) is 24.0 Å². The fourth-order valence-electron chi connectivity index (χ4n) is 4.11. The molecule has 1 heteroatoms. The first-order valence-electron chi connectivity index (χ1n) is 12.8. The second kappa shape index (κ2) is 22.3. The highest BCUT2D eigenvalue weighted by Crippen LogP contribution is 2.17. The van der Waals surface area contributed by atoms with Gasteiger partial charge in [0.1, 0.15) is 0 Å². The average Bonchev–Trinajstić information content (AvgIpc) is 2.69. The molecule has 0 fully saturated rings. The van der Waals surface area contributed by atoms with Crippen molar-refractivity contribution in [1.29, 1.82) is 0 Å². The van der Waals surface area contributed by atoms with Crippen LogP contribution in [0.15, 0.2) is 0 Å². The molecule has 163 valence electrons. The molecule has 0 aromatic rings. The van der Waals surface area contributed by atoms with E-state index < -0.39 is 0 Å². The summed E-state index contributed by atoms with van der Waals surface area (Å²) in [6.45, 7) is 13.8. The highest BCUT2D eigenvalue weighted by molar-refractivity contribution is 4.73. The molecule has 0 spiro atoms. The van der Waals surface area contributed by atoms with E-state index in [2.05, 4.69) is 32.6 Å². The maximum atomic E-state index is 4.26. The molecular weight excluding hydrogens is 326 g/mol. The molecule has 0 bridgehead atoms. The Balaban J connectivity index is 3.60. The van der Waals surface area contributed by atoms with Gasteiger partial charge in [-0.1, -0.05) is 124 Å². The molecule has 0 amide bonds. The second-order valence-corrected chi connectivity index (χ2v) is 8.72. The Hall–Kier alpha value is -0.0400. The van der Waals surface area contributed by atoms with Crippen molar-refractivity contribution in [2.75, 3.05) is 13.1 Å². The molecule has 0 heterocycles. The molecule has 0 aliphatic rings. The summed E-state index contributed by atoms with van der Waals surface area (Å²) in [4.78, 5) is 2.75. The first kappa shape index (κ1) is 27.0. The predicted octanol–water partition coefficient (Wildman–Crippen LogP) is 8.96. The van der Waals surface area contributed by atoms with E-state index in [0.29, 0.717) is 0 Å². The van der Waals surface area contributed by atoms with Gasteiger partial charge in [-0.25, -0.2) is 0 Å². The van der Waals surface area contributed by atoms with Gasteiger partial charge in [0.2, 0.25) is 0 Å². The third kappa shape index (κ3) is 17.8. The Kier molecular flexibility index (Phi) is 22.2. The molecule has 0 saturated heterocycles. The zero-order chi connectivity index (χ0) is 20.0. The number of nitrogens with zero attached hydrogens (tertiary/aromatic N) is 1. The van der Waals surface area contributed by atoms with Crippen LogP contribution in [-0.2, 0) is 0 Å². The van der Waals surface area contributed by atoms with E-state index in [0.717, 1.165) is 12.5 Å². The van der Waals surface area contributed by atoms with Gasteiger partial charge in [-0.15, -0.1) is 0 Å². The van der Waals surface area contributed by atoms with E-state index >= 15 is 0 Å². The van der Waals surface area contributed by atoms with Crippen molar-refractivity contribution in [1.82, 2.24) is 4.90 Å². The zero-order valence-corrected chi connectivity index (χ0v) is 19.6. The van der Waals surface area contributed by atoms with Gasteiger partial charge in [0.15, 0.2) is 0 Å². The maximum Gasteiger partial charge on any atom is 0.00952 e. The lowest BCUT2D eigenvalue weighted by Crippen LogP contribution is -2.36. The van der Waals surface area contributed by atoms with Crippen LogP contribution in [0.4, 0.5) is 0 Å². The highest BCUT2D eigenvalue weighted by Gasteiger charge is 2.15. The minimum absolute atomic E-state index is 0.732. The lowest BCUT2D eigenvalue weighted by Gasteiger charge is -2.31. The fourth-order valence-corrected chi connectivity index (χ4v) is 4.11. The van der Waals surface area contributed by atoms with Crippen molar-refractivity contribution in [3.63, 3.8) is 0 Å². The molecule has 0 rings (SSSR count). The number of hydrogen-bond acceptors (Lipinski definition) is 1. The highest BCUT2D eigenvalue weighted by atomic mass is 15.1. The standard InChI is InChI=1S/C26H54N/c1-5-9-12-13-14-15-16-17-18-19-20-21-22-23-26(8-4)27(24-10-6-2)25-11-7-3/h26H,4-25H2,1-3H3. The van der Waals surface area contributed by atoms with Crippen LogP contribution in [0.2, 0.25) is 0 Å². The molecule has 1 atom stereocenters. The van der Waals surface area contributed by atoms with Gasteiger partial charge in [0.25, 0.3) is 0 Å². The molecular formula is C26H54N. The van der Waals surface area contributed by atoms with E-state index in [9.17, 15) is 0 Å². The predicted molar refractivity (Wildman–Crippen MR) is 125 cm³/mol. The third-order valence-electron chi connectivity index (χ3n) is 6.09. The Labute approximate surface area is 174 Å². The third-order valence-corrected chi connectivity index (χ3v) is 6.09. The van der Waals surface area contributed by atoms with Crippen molar-refractivity contribution >= 4 is 0 Å². The smallest absolute Gasteiger partial charge is 0.00952 e. The van der Waals surface area contributed by atoms with Crippen LogP contribution < -0.4 is 0 Å². The molecule has 1 radical (unpaired) electrons. The van der Waals surface area contributed by atoms with E-state index in [1.807, 2.05) is 0 Å². The van der Waals surface area contributed by atoms with Crippen LogP contribution in [0.25, 0.3) is 0 Å². The van der Waals surface area contributed by atoms with Crippen LogP contribution in [0.3, 0.4) is 0 Å². The molecule has 1 unspecified atom stereocenters. The monoisotopic (exact) mass is 380 g/mol. The Morgan fingerprint density at radius 3 is 1.26 bits per heavy atom. The summed E-state index contributed by atoms with van der Waals surface area (Å²) in [6, 6.07) is 0.732. The van der Waals surface area contributed by atoms with Crippen molar-refractivity contribution in [3.05, 3.63) is 6.92 Å². The van der Waals surface area contributed by atoms with Gasteiger partial charge < -0.3 is 4.90 Å². The molecule has 0 saturated carbocycles. The summed E-state index contributed by atoms with van der Waals surface area (Å²) >= 11 is 0. The topological polar surface area (TPSA) is 3.24 Å². The van der Waals surface area contributed by atoms with Gasteiger partial charge >= 0.3 is 0 Å². The Morgan fingerprint density at radius 1 is 0.519 bits per heavy atom. The van der Waals surface area contributed by atoms with Gasteiger partial charge in [0.05, 0.1) is 0 Å². The molecule has 0 aliphatic carbocycles. The normalized spacial score (nSPS) is 12.8. The molecule has 27 heavy (non-hydrogen) atoms. The molecule has 0 aliphatic heterocycles. The Morgan fingerprint density at radius 2 is 0.889 bits per heavy atom. The lowest BCUT2D eigenvalue weighted by molar-refractivity contribution is 0.178. The van der Waals surface area contributed by atoms with E-state index in [-0.39, 0.29) is 0 Å². The maximum absolute atomic E-state index is 4.26. The summed E-state index contributed by atoms with van der Waals surface area (Å²) in [5, 5.41) is 0. The van der Waals surface area contributed by atoms with Crippen LogP contribution >= 0.6 is 0 Å². The quantitative estimate of drug-likeness (QED) is 0.169. The molecule has 1 nitrogen and oxygen atoms in total. The van der Waals surface area contributed by atoms with Crippen molar-refractivity contribution in [2.24, 2.45) is 0 Å². The molecule has 0 N–H and O–H groups in total. The molecule has 0 aromatic carbocycles. The van der Waals surface area contributed by atoms with Crippen molar-refractivity contribution in [3.8, 4) is 0 Å². The summed E-state index contributed by atoms with van der Waals surface area (Å²) in [7, 11) is 0. The van der Waals surface area contributed by atoms with Gasteiger partial charge in [-0.2, -0.15) is 0 Å². The van der Waals surface area contributed by atoms with Crippen LogP contribution in [0.5, 0.6) is 0 Å². The summed E-state index contributed by atoms with van der Waals surface area (Å²) in [5.41, 5.74) is 0. The average molecular weight is 381 g/mol. The number of hydrogen-bond donors (Lipinski definition) is 0. The van der Waals surface area contributed by atoms with E-state index in [4.69, 9.17) is 0 Å². The summed E-state index contributed by atoms with van der Waals surface area (Å²) in [5.74, 6) is 0.